The molecule has 1 atom stereocenters. The Balaban J connectivity index is 1.87. The maximum absolute atomic E-state index is 13.4. The summed E-state index contributed by atoms with van der Waals surface area (Å²) < 4.78 is 1.81. The smallest absolute Gasteiger partial charge is 0.273 e. The van der Waals surface area contributed by atoms with E-state index in [1.54, 1.807) is 36.4 Å². The van der Waals surface area contributed by atoms with Gasteiger partial charge in [0.15, 0.2) is 5.57 Å². The van der Waals surface area contributed by atoms with Crippen molar-refractivity contribution in [3.8, 4) is 11.8 Å². The summed E-state index contributed by atoms with van der Waals surface area (Å²) in [4.78, 5) is 37.0. The minimum absolute atomic E-state index is 0.0648. The number of nitro groups is 1. The lowest BCUT2D eigenvalue weighted by molar-refractivity contribution is -0.384. The first-order valence-electron chi connectivity index (χ1n) is 10.9. The highest BCUT2D eigenvalue weighted by Gasteiger charge is 2.19. The van der Waals surface area contributed by atoms with Gasteiger partial charge in [0.2, 0.25) is 0 Å². The number of nitro benzene ring substituents is 1. The number of nitrogens with zero attached hydrogens (tertiary/aromatic N) is 3. The second-order valence-electron chi connectivity index (χ2n) is 7.83. The predicted octanol–water partition coefficient (Wildman–Crippen LogP) is 3.19. The Morgan fingerprint density at radius 1 is 1.06 bits per heavy atom. The number of hydrogen-bond donors (Lipinski definition) is 1. The quantitative estimate of drug-likeness (QED) is 0.325. The zero-order chi connectivity index (χ0) is 25.7. The molecule has 0 aliphatic rings. The first kappa shape index (κ1) is 24.3. The van der Waals surface area contributed by atoms with Crippen molar-refractivity contribution in [1.29, 1.82) is 5.26 Å². The van der Waals surface area contributed by atoms with Crippen LogP contribution in [0.4, 0.5) is 5.69 Å². The van der Waals surface area contributed by atoms with Crippen LogP contribution in [0.2, 0.25) is 0 Å². The van der Waals surface area contributed by atoms with Crippen molar-refractivity contribution in [3.05, 3.63) is 126 Å². The summed E-state index contributed by atoms with van der Waals surface area (Å²) in [6.07, 6.45) is 1.58. The van der Waals surface area contributed by atoms with Gasteiger partial charge in [0.05, 0.1) is 21.2 Å². The predicted molar refractivity (Wildman–Crippen MR) is 138 cm³/mol. The van der Waals surface area contributed by atoms with Crippen molar-refractivity contribution >= 4 is 34.6 Å². The number of non-ortho nitro benzene ring substituents is 1. The molecular weight excluding hydrogens is 476 g/mol. The van der Waals surface area contributed by atoms with Crippen LogP contribution >= 0.6 is 11.3 Å². The van der Waals surface area contributed by atoms with Crippen LogP contribution in [0.3, 0.4) is 0 Å². The second kappa shape index (κ2) is 10.6. The summed E-state index contributed by atoms with van der Waals surface area (Å²) in [5.74, 6) is -0.596. The number of nitrogens with one attached hydrogen (secondary N) is 1. The molecule has 9 heteroatoms. The molecular formula is C27H20N4O4S. The van der Waals surface area contributed by atoms with Gasteiger partial charge < -0.3 is 5.32 Å². The Morgan fingerprint density at radius 3 is 2.25 bits per heavy atom. The zero-order valence-electron chi connectivity index (χ0n) is 19.1. The third-order valence-corrected chi connectivity index (χ3v) is 6.53. The molecule has 4 aromatic rings. The Bertz CT molecular complexity index is 1630. The SMILES string of the molecule is CC(NC(=O)/C(C#N)=c1\s/c(=C/c2ccc([N+](=O)[O-])cc2)c(=O)n1-c1ccccc1)c1ccccc1. The number of nitriles is 1. The summed E-state index contributed by atoms with van der Waals surface area (Å²) >= 11 is 1.01. The zero-order valence-corrected chi connectivity index (χ0v) is 19.9. The molecule has 8 nitrogen and oxygen atoms in total. The molecule has 1 N–H and O–H groups in total. The van der Waals surface area contributed by atoms with Crippen LogP contribution in [-0.4, -0.2) is 15.4 Å². The number of carbonyl (C=O) groups is 1. The third-order valence-electron chi connectivity index (χ3n) is 5.44. The lowest BCUT2D eigenvalue weighted by Gasteiger charge is -2.13. The van der Waals surface area contributed by atoms with E-state index in [1.165, 1.54) is 28.8 Å². The van der Waals surface area contributed by atoms with Gasteiger partial charge in [-0.2, -0.15) is 5.26 Å². The van der Waals surface area contributed by atoms with Crippen molar-refractivity contribution in [2.75, 3.05) is 0 Å². The van der Waals surface area contributed by atoms with Crippen molar-refractivity contribution in [2.24, 2.45) is 0 Å². The number of thiazole rings is 1. The van der Waals surface area contributed by atoms with E-state index < -0.39 is 16.4 Å². The highest BCUT2D eigenvalue weighted by molar-refractivity contribution is 7.07. The van der Waals surface area contributed by atoms with Crippen LogP contribution in [0.1, 0.15) is 24.1 Å². The summed E-state index contributed by atoms with van der Waals surface area (Å²) in [7, 11) is 0. The number of para-hydroxylation sites is 1. The summed E-state index contributed by atoms with van der Waals surface area (Å²) in [5.41, 5.74) is 1.30. The number of amides is 1. The molecule has 3 aromatic carbocycles. The van der Waals surface area contributed by atoms with Crippen LogP contribution in [0.15, 0.2) is 89.7 Å². The first-order chi connectivity index (χ1) is 17.4. The first-order valence-corrected chi connectivity index (χ1v) is 11.7. The summed E-state index contributed by atoms with van der Waals surface area (Å²) in [6.45, 7) is 1.81. The van der Waals surface area contributed by atoms with E-state index in [4.69, 9.17) is 0 Å². The Morgan fingerprint density at radius 2 is 1.67 bits per heavy atom. The van der Waals surface area contributed by atoms with Crippen molar-refractivity contribution in [3.63, 3.8) is 0 Å². The lowest BCUT2D eigenvalue weighted by Crippen LogP contribution is -2.34. The van der Waals surface area contributed by atoms with Gasteiger partial charge in [0, 0.05) is 12.1 Å². The fraction of sp³-hybridized carbons (Fsp3) is 0.0741. The molecule has 0 spiro atoms. The van der Waals surface area contributed by atoms with Crippen LogP contribution in [0, 0.1) is 21.4 Å². The van der Waals surface area contributed by atoms with Gasteiger partial charge in [0.1, 0.15) is 10.7 Å². The number of carbonyl (C=O) groups excluding carboxylic acids is 1. The number of benzene rings is 3. The molecule has 36 heavy (non-hydrogen) atoms. The molecule has 178 valence electrons. The van der Waals surface area contributed by atoms with E-state index in [9.17, 15) is 25.0 Å². The minimum Gasteiger partial charge on any atom is -0.345 e. The minimum atomic E-state index is -0.596. The molecule has 1 unspecified atom stereocenters. The van der Waals surface area contributed by atoms with Crippen LogP contribution in [0.5, 0.6) is 0 Å². The van der Waals surface area contributed by atoms with Crippen molar-refractivity contribution in [2.45, 2.75) is 13.0 Å². The molecule has 4 rings (SSSR count). The van der Waals surface area contributed by atoms with E-state index in [1.807, 2.05) is 43.3 Å². The maximum atomic E-state index is 13.4. The lowest BCUT2D eigenvalue weighted by atomic mass is 10.1. The molecule has 1 heterocycles. The Hall–Kier alpha value is -4.81. The van der Waals surface area contributed by atoms with E-state index >= 15 is 0 Å². The number of hydrogen-bond acceptors (Lipinski definition) is 6. The van der Waals surface area contributed by atoms with Gasteiger partial charge >= 0.3 is 0 Å². The van der Waals surface area contributed by atoms with Crippen molar-refractivity contribution < 1.29 is 9.72 Å². The molecule has 0 radical (unpaired) electrons. The van der Waals surface area contributed by atoms with E-state index in [2.05, 4.69) is 5.32 Å². The van der Waals surface area contributed by atoms with Gasteiger partial charge in [0.25, 0.3) is 17.2 Å². The van der Waals surface area contributed by atoms with Crippen LogP contribution in [-0.2, 0) is 4.79 Å². The largest absolute Gasteiger partial charge is 0.345 e. The number of aromatic nitrogens is 1. The van der Waals surface area contributed by atoms with Gasteiger partial charge in [-0.3, -0.25) is 24.3 Å². The Kier molecular flexibility index (Phi) is 7.18. The molecule has 0 aliphatic carbocycles. The van der Waals surface area contributed by atoms with E-state index in [0.717, 1.165) is 16.9 Å². The highest BCUT2D eigenvalue weighted by atomic mass is 32.1. The number of rotatable bonds is 6. The van der Waals surface area contributed by atoms with Gasteiger partial charge in [-0.25, -0.2) is 0 Å². The topological polar surface area (TPSA) is 118 Å². The van der Waals surface area contributed by atoms with Gasteiger partial charge in [-0.05, 0) is 48.4 Å². The Labute approximate surface area is 209 Å². The standard InChI is InChI=1S/C27H20N4O4S/c1-18(20-8-4-2-5-9-20)29-25(32)23(17-28)27-30(21-10-6-3-7-11-21)26(33)24(36-27)16-19-12-14-22(15-13-19)31(34)35/h2-16,18H,1H3,(H,29,32)/b24-16+,27-23-. The fourth-order valence-electron chi connectivity index (χ4n) is 3.59. The van der Waals surface area contributed by atoms with Crippen LogP contribution < -0.4 is 20.1 Å². The van der Waals surface area contributed by atoms with E-state index in [-0.39, 0.29) is 26.5 Å². The van der Waals surface area contributed by atoms with Gasteiger partial charge in [-0.1, -0.05) is 48.5 Å². The molecule has 1 aromatic heterocycles. The summed E-state index contributed by atoms with van der Waals surface area (Å²) in [6, 6.07) is 25.5. The molecule has 1 amide bonds. The molecule has 0 aliphatic heterocycles. The van der Waals surface area contributed by atoms with Crippen molar-refractivity contribution in [1.82, 2.24) is 9.88 Å². The normalized spacial score (nSPS) is 12.9. The average molecular weight is 497 g/mol. The summed E-state index contributed by atoms with van der Waals surface area (Å²) in [5, 5.41) is 23.7. The molecule has 0 saturated heterocycles. The second-order valence-corrected chi connectivity index (χ2v) is 8.86. The van der Waals surface area contributed by atoms with E-state index in [0.29, 0.717) is 11.3 Å². The average Bonchev–Trinajstić information content (AvgIpc) is 3.21. The molecule has 0 bridgehead atoms. The molecule has 0 saturated carbocycles. The van der Waals surface area contributed by atoms with Gasteiger partial charge in [-0.15, -0.1) is 11.3 Å². The third kappa shape index (κ3) is 5.14. The highest BCUT2D eigenvalue weighted by Crippen LogP contribution is 2.13. The maximum Gasteiger partial charge on any atom is 0.273 e. The fourth-order valence-corrected chi connectivity index (χ4v) is 4.70. The monoisotopic (exact) mass is 496 g/mol. The molecule has 0 fully saturated rings. The van der Waals surface area contributed by atoms with Crippen LogP contribution in [0.25, 0.3) is 17.3 Å².